The zero-order chi connectivity index (χ0) is 24.8. The second-order valence-corrected chi connectivity index (χ2v) is 8.39. The number of rotatable bonds is 10. The standard InChI is InChI=1S/C27H31BNO6/c1-29-28-26-25(31)24(30)23(35-26)17-34-27(18-7-5-4-6-8-18,19-9-13-21(32-2)14-10-19)20-11-15-22(33-3)16-12-20/h4-16,23-26,29-31H,17H2,1-3H3/t23-,24?,25+,26-/m1/s1. The minimum absolute atomic E-state index is 0.0409. The molecular formula is C27H31BNO6. The van der Waals surface area contributed by atoms with Gasteiger partial charge >= 0.3 is 0 Å². The van der Waals surface area contributed by atoms with E-state index < -0.39 is 29.9 Å². The van der Waals surface area contributed by atoms with Crippen molar-refractivity contribution in [3.05, 3.63) is 95.6 Å². The van der Waals surface area contributed by atoms with Crippen LogP contribution in [0.3, 0.4) is 0 Å². The van der Waals surface area contributed by atoms with Crippen LogP contribution in [0, 0.1) is 0 Å². The second-order valence-electron chi connectivity index (χ2n) is 8.39. The van der Waals surface area contributed by atoms with Crippen molar-refractivity contribution in [2.24, 2.45) is 0 Å². The zero-order valence-corrected chi connectivity index (χ0v) is 20.1. The summed E-state index contributed by atoms with van der Waals surface area (Å²) < 4.78 is 23.4. The third-order valence-corrected chi connectivity index (χ3v) is 6.37. The average molecular weight is 476 g/mol. The van der Waals surface area contributed by atoms with Gasteiger partial charge in [-0.25, -0.2) is 0 Å². The Balaban J connectivity index is 1.79. The summed E-state index contributed by atoms with van der Waals surface area (Å²) >= 11 is 0. The van der Waals surface area contributed by atoms with E-state index in [1.54, 1.807) is 28.7 Å². The molecule has 1 fully saturated rings. The largest absolute Gasteiger partial charge is 0.497 e. The molecule has 1 aliphatic rings. The van der Waals surface area contributed by atoms with E-state index >= 15 is 0 Å². The van der Waals surface area contributed by atoms with Gasteiger partial charge in [0.1, 0.15) is 35.4 Å². The maximum Gasteiger partial charge on any atom is 0.244 e. The lowest BCUT2D eigenvalue weighted by atomic mass is 9.80. The Kier molecular flexibility index (Phi) is 8.10. The Labute approximate surface area is 206 Å². The van der Waals surface area contributed by atoms with Crippen molar-refractivity contribution in [3.63, 3.8) is 0 Å². The predicted octanol–water partition coefficient (Wildman–Crippen LogP) is 2.30. The molecule has 0 saturated carbocycles. The van der Waals surface area contributed by atoms with Gasteiger partial charge in [-0.2, -0.15) is 0 Å². The molecule has 1 saturated heterocycles. The molecule has 4 rings (SSSR count). The van der Waals surface area contributed by atoms with Crippen molar-refractivity contribution >= 4 is 7.41 Å². The van der Waals surface area contributed by atoms with Crippen molar-refractivity contribution in [2.45, 2.75) is 29.9 Å². The van der Waals surface area contributed by atoms with Crippen molar-refractivity contribution in [1.29, 1.82) is 0 Å². The number of benzene rings is 3. The molecule has 7 nitrogen and oxygen atoms in total. The minimum atomic E-state index is -1.09. The van der Waals surface area contributed by atoms with Crippen LogP contribution in [-0.4, -0.2) is 69.8 Å². The van der Waals surface area contributed by atoms with Crippen LogP contribution >= 0.6 is 0 Å². The Morgan fingerprint density at radius 2 is 1.31 bits per heavy atom. The molecular weight excluding hydrogens is 445 g/mol. The van der Waals surface area contributed by atoms with Crippen molar-refractivity contribution in [3.8, 4) is 11.5 Å². The van der Waals surface area contributed by atoms with Crippen molar-refractivity contribution in [1.82, 2.24) is 5.23 Å². The lowest BCUT2D eigenvalue weighted by Gasteiger charge is -2.37. The molecule has 3 aromatic rings. The number of ether oxygens (including phenoxy) is 4. The number of hydrogen-bond acceptors (Lipinski definition) is 7. The van der Waals surface area contributed by atoms with Crippen LogP contribution in [0.15, 0.2) is 78.9 Å². The third kappa shape index (κ3) is 5.08. The lowest BCUT2D eigenvalue weighted by Crippen LogP contribution is -2.40. The minimum Gasteiger partial charge on any atom is -0.497 e. The summed E-state index contributed by atoms with van der Waals surface area (Å²) in [6, 6.07) is 24.7. The maximum absolute atomic E-state index is 10.7. The van der Waals surface area contributed by atoms with E-state index in [2.05, 4.69) is 5.23 Å². The fourth-order valence-electron chi connectivity index (χ4n) is 4.50. The Morgan fingerprint density at radius 3 is 1.80 bits per heavy atom. The second kappa shape index (κ2) is 11.2. The maximum atomic E-state index is 10.7. The fraction of sp³-hybridized carbons (Fsp3) is 0.333. The molecule has 0 aromatic heterocycles. The molecule has 3 N–H and O–H groups in total. The molecule has 0 spiro atoms. The van der Waals surface area contributed by atoms with Gasteiger partial charge in [-0.05, 0) is 48.0 Å². The topological polar surface area (TPSA) is 89.4 Å². The summed E-state index contributed by atoms with van der Waals surface area (Å²) in [6.07, 6.45) is -2.87. The van der Waals surface area contributed by atoms with Gasteiger partial charge in [0.15, 0.2) is 0 Å². The number of nitrogens with one attached hydrogen (secondary N) is 1. The van der Waals surface area contributed by atoms with E-state index in [9.17, 15) is 10.2 Å². The van der Waals surface area contributed by atoms with Crippen LogP contribution in [0.2, 0.25) is 0 Å². The van der Waals surface area contributed by atoms with E-state index in [0.29, 0.717) is 0 Å². The molecule has 0 bridgehead atoms. The van der Waals surface area contributed by atoms with Crippen LogP contribution in [0.25, 0.3) is 0 Å². The molecule has 0 amide bonds. The monoisotopic (exact) mass is 476 g/mol. The summed E-state index contributed by atoms with van der Waals surface area (Å²) in [5.74, 6) is 1.46. The Morgan fingerprint density at radius 1 is 0.800 bits per heavy atom. The first-order valence-corrected chi connectivity index (χ1v) is 11.5. The summed E-state index contributed by atoms with van der Waals surface area (Å²) in [4.78, 5) is 0. The molecule has 1 radical (unpaired) electrons. The summed E-state index contributed by atoms with van der Waals surface area (Å²) in [6.45, 7) is 0.0409. The highest BCUT2D eigenvalue weighted by Gasteiger charge is 2.45. The van der Waals surface area contributed by atoms with E-state index in [1.807, 2.05) is 78.9 Å². The molecule has 1 heterocycles. The van der Waals surface area contributed by atoms with E-state index in [4.69, 9.17) is 18.9 Å². The SMILES string of the molecule is CN[B][C@@H]1O[C@H](COC(c2ccccc2)(c2ccc(OC)cc2)c2ccc(OC)cc2)C(O)[C@@H]1O. The third-order valence-electron chi connectivity index (χ3n) is 6.37. The molecule has 3 aromatic carbocycles. The smallest absolute Gasteiger partial charge is 0.244 e. The van der Waals surface area contributed by atoms with E-state index in [-0.39, 0.29) is 6.61 Å². The number of methoxy groups -OCH3 is 2. The number of hydrogen-bond donors (Lipinski definition) is 3. The van der Waals surface area contributed by atoms with Gasteiger partial charge in [0.05, 0.1) is 26.8 Å². The van der Waals surface area contributed by atoms with Crippen LogP contribution in [-0.2, 0) is 15.1 Å². The molecule has 35 heavy (non-hydrogen) atoms. The van der Waals surface area contributed by atoms with Gasteiger partial charge in [-0.3, -0.25) is 0 Å². The first kappa shape index (κ1) is 25.2. The van der Waals surface area contributed by atoms with Crippen LogP contribution in [0.5, 0.6) is 11.5 Å². The van der Waals surface area contributed by atoms with Crippen LogP contribution < -0.4 is 14.7 Å². The molecule has 8 heteroatoms. The van der Waals surface area contributed by atoms with Gasteiger partial charge in [-0.1, -0.05) is 54.6 Å². The normalized spacial score (nSPS) is 22.1. The first-order valence-electron chi connectivity index (χ1n) is 11.5. The van der Waals surface area contributed by atoms with E-state index in [1.165, 1.54) is 0 Å². The van der Waals surface area contributed by atoms with Crippen LogP contribution in [0.1, 0.15) is 16.7 Å². The number of aliphatic hydroxyl groups is 2. The Hall–Kier alpha value is -2.88. The molecule has 4 atom stereocenters. The average Bonchev–Trinajstić information content (AvgIpc) is 3.18. The number of aliphatic hydroxyl groups excluding tert-OH is 2. The lowest BCUT2D eigenvalue weighted by molar-refractivity contribution is -0.0755. The highest BCUT2D eigenvalue weighted by Crippen LogP contribution is 2.42. The van der Waals surface area contributed by atoms with Gasteiger partial charge in [0.2, 0.25) is 7.41 Å². The molecule has 1 unspecified atom stereocenters. The Bertz CT molecular complexity index is 1020. The highest BCUT2D eigenvalue weighted by atomic mass is 16.6. The zero-order valence-electron chi connectivity index (χ0n) is 20.1. The van der Waals surface area contributed by atoms with Crippen molar-refractivity contribution < 1.29 is 29.2 Å². The molecule has 183 valence electrons. The molecule has 1 aliphatic heterocycles. The van der Waals surface area contributed by atoms with Gasteiger partial charge in [0.25, 0.3) is 0 Å². The van der Waals surface area contributed by atoms with E-state index in [0.717, 1.165) is 28.2 Å². The molecule has 0 aliphatic carbocycles. The quantitative estimate of drug-likeness (QED) is 0.306. The first-order chi connectivity index (χ1) is 17.0. The fourth-order valence-corrected chi connectivity index (χ4v) is 4.50. The summed E-state index contributed by atoms with van der Waals surface area (Å²) in [7, 11) is 6.59. The summed E-state index contributed by atoms with van der Waals surface area (Å²) in [5.41, 5.74) is 1.63. The highest BCUT2D eigenvalue weighted by molar-refractivity contribution is 6.34. The van der Waals surface area contributed by atoms with Gasteiger partial charge in [0, 0.05) is 0 Å². The van der Waals surface area contributed by atoms with Gasteiger partial charge < -0.3 is 34.4 Å². The predicted molar refractivity (Wildman–Crippen MR) is 134 cm³/mol. The summed E-state index contributed by atoms with van der Waals surface area (Å²) in [5, 5.41) is 24.0. The van der Waals surface area contributed by atoms with Crippen molar-refractivity contribution in [2.75, 3.05) is 27.9 Å². The van der Waals surface area contributed by atoms with Crippen LogP contribution in [0.4, 0.5) is 0 Å². The van der Waals surface area contributed by atoms with Gasteiger partial charge in [-0.15, -0.1) is 0 Å².